The van der Waals surface area contributed by atoms with E-state index in [1.165, 1.54) is 0 Å². The first kappa shape index (κ1) is 13.4. The molecule has 2 heterocycles. The van der Waals surface area contributed by atoms with E-state index in [4.69, 9.17) is 0 Å². The Morgan fingerprint density at radius 3 is 2.94 bits per heavy atom. The van der Waals surface area contributed by atoms with E-state index in [9.17, 15) is 4.79 Å². The fourth-order valence-corrected chi connectivity index (χ4v) is 2.72. The summed E-state index contributed by atoms with van der Waals surface area (Å²) in [4.78, 5) is 11.9. The molecule has 1 amide bonds. The number of carbonyl (C=O) groups is 1. The SMILES string of the molecule is CC(C)c1nnc(CNC(=O)C2CCCCN2)s1. The Bertz CT molecular complexity index is 399. The summed E-state index contributed by atoms with van der Waals surface area (Å²) in [7, 11) is 0. The minimum absolute atomic E-state index is 0.0313. The molecule has 0 radical (unpaired) electrons. The maximum atomic E-state index is 11.9. The van der Waals surface area contributed by atoms with Crippen molar-refractivity contribution in [1.82, 2.24) is 20.8 Å². The standard InChI is InChI=1S/C12H20N4OS/c1-8(2)12-16-15-10(18-12)7-14-11(17)9-5-3-4-6-13-9/h8-9,13H,3-7H2,1-2H3,(H,14,17). The number of aromatic nitrogens is 2. The van der Waals surface area contributed by atoms with Gasteiger partial charge in [-0.3, -0.25) is 4.79 Å². The molecule has 0 spiro atoms. The Hall–Kier alpha value is -1.01. The van der Waals surface area contributed by atoms with Crippen LogP contribution >= 0.6 is 11.3 Å². The molecule has 0 aromatic carbocycles. The van der Waals surface area contributed by atoms with E-state index in [1.54, 1.807) is 11.3 Å². The highest BCUT2D eigenvalue weighted by Gasteiger charge is 2.20. The first-order valence-electron chi connectivity index (χ1n) is 6.50. The molecule has 5 nitrogen and oxygen atoms in total. The van der Waals surface area contributed by atoms with Crippen LogP contribution < -0.4 is 10.6 Å². The van der Waals surface area contributed by atoms with E-state index >= 15 is 0 Å². The Labute approximate surface area is 111 Å². The number of amides is 1. The highest BCUT2D eigenvalue weighted by Crippen LogP contribution is 2.18. The van der Waals surface area contributed by atoms with Crippen LogP contribution in [0.2, 0.25) is 0 Å². The zero-order valence-corrected chi connectivity index (χ0v) is 11.7. The molecule has 0 bridgehead atoms. The van der Waals surface area contributed by atoms with Gasteiger partial charge in [0.1, 0.15) is 10.0 Å². The molecule has 2 N–H and O–H groups in total. The van der Waals surface area contributed by atoms with E-state index in [1.807, 2.05) is 0 Å². The van der Waals surface area contributed by atoms with Gasteiger partial charge in [-0.25, -0.2) is 0 Å². The van der Waals surface area contributed by atoms with Crippen LogP contribution in [0.5, 0.6) is 0 Å². The van der Waals surface area contributed by atoms with Crippen molar-refractivity contribution in [3.05, 3.63) is 10.0 Å². The molecular formula is C12H20N4OS. The predicted molar refractivity (Wildman–Crippen MR) is 71.5 cm³/mol. The second-order valence-electron chi connectivity index (χ2n) is 4.91. The van der Waals surface area contributed by atoms with Crippen molar-refractivity contribution >= 4 is 17.2 Å². The van der Waals surface area contributed by atoms with Crippen LogP contribution in [0.1, 0.15) is 49.0 Å². The summed E-state index contributed by atoms with van der Waals surface area (Å²) >= 11 is 1.57. The summed E-state index contributed by atoms with van der Waals surface area (Å²) < 4.78 is 0. The van der Waals surface area contributed by atoms with Crippen LogP contribution in [0.4, 0.5) is 0 Å². The monoisotopic (exact) mass is 268 g/mol. The molecule has 0 saturated carbocycles. The van der Waals surface area contributed by atoms with E-state index in [2.05, 4.69) is 34.7 Å². The highest BCUT2D eigenvalue weighted by molar-refractivity contribution is 7.11. The third kappa shape index (κ3) is 3.49. The third-order valence-corrected chi connectivity index (χ3v) is 4.24. The number of rotatable bonds is 4. The molecule has 1 aromatic rings. The zero-order valence-electron chi connectivity index (χ0n) is 10.9. The minimum Gasteiger partial charge on any atom is -0.348 e. The van der Waals surface area contributed by atoms with E-state index in [-0.39, 0.29) is 11.9 Å². The molecule has 1 unspecified atom stereocenters. The Balaban J connectivity index is 1.81. The molecule has 1 aliphatic heterocycles. The second-order valence-corrected chi connectivity index (χ2v) is 6.00. The fraction of sp³-hybridized carbons (Fsp3) is 0.750. The normalized spacial score (nSPS) is 20.1. The largest absolute Gasteiger partial charge is 0.348 e. The molecule has 100 valence electrons. The first-order valence-corrected chi connectivity index (χ1v) is 7.32. The maximum absolute atomic E-state index is 11.9. The summed E-state index contributed by atoms with van der Waals surface area (Å²) in [5.74, 6) is 0.475. The number of nitrogens with zero attached hydrogens (tertiary/aromatic N) is 2. The summed E-state index contributed by atoms with van der Waals surface area (Å²) in [6, 6.07) is -0.0313. The van der Waals surface area contributed by atoms with Gasteiger partial charge in [0.25, 0.3) is 0 Å². The quantitative estimate of drug-likeness (QED) is 0.866. The van der Waals surface area contributed by atoms with Gasteiger partial charge in [-0.15, -0.1) is 10.2 Å². The maximum Gasteiger partial charge on any atom is 0.237 e. The topological polar surface area (TPSA) is 66.9 Å². The average Bonchev–Trinajstić information content (AvgIpc) is 2.86. The van der Waals surface area contributed by atoms with Crippen molar-refractivity contribution < 1.29 is 4.79 Å². The van der Waals surface area contributed by atoms with Gasteiger partial charge in [0, 0.05) is 5.92 Å². The lowest BCUT2D eigenvalue weighted by atomic mass is 10.0. The van der Waals surface area contributed by atoms with Crippen LogP contribution in [0.15, 0.2) is 0 Å². The Morgan fingerprint density at radius 2 is 2.33 bits per heavy atom. The average molecular weight is 268 g/mol. The number of hydrogen-bond acceptors (Lipinski definition) is 5. The molecule has 6 heteroatoms. The van der Waals surface area contributed by atoms with E-state index < -0.39 is 0 Å². The van der Waals surface area contributed by atoms with Crippen molar-refractivity contribution in [3.8, 4) is 0 Å². The summed E-state index contributed by atoms with van der Waals surface area (Å²) in [5.41, 5.74) is 0. The van der Waals surface area contributed by atoms with Gasteiger partial charge in [-0.05, 0) is 19.4 Å². The zero-order chi connectivity index (χ0) is 13.0. The van der Waals surface area contributed by atoms with Crippen molar-refractivity contribution in [3.63, 3.8) is 0 Å². The van der Waals surface area contributed by atoms with Gasteiger partial charge >= 0.3 is 0 Å². The lowest BCUT2D eigenvalue weighted by molar-refractivity contribution is -0.123. The predicted octanol–water partition coefficient (Wildman–Crippen LogP) is 1.42. The van der Waals surface area contributed by atoms with Gasteiger partial charge in [-0.2, -0.15) is 0 Å². The highest BCUT2D eigenvalue weighted by atomic mass is 32.1. The smallest absolute Gasteiger partial charge is 0.237 e. The van der Waals surface area contributed by atoms with Crippen LogP contribution in [-0.4, -0.2) is 28.7 Å². The lowest BCUT2D eigenvalue weighted by Crippen LogP contribution is -2.46. The number of nitrogens with one attached hydrogen (secondary N) is 2. The second kappa shape index (κ2) is 6.24. The van der Waals surface area contributed by atoms with Crippen molar-refractivity contribution in [2.24, 2.45) is 0 Å². The van der Waals surface area contributed by atoms with E-state index in [0.717, 1.165) is 35.8 Å². The van der Waals surface area contributed by atoms with Crippen molar-refractivity contribution in [1.29, 1.82) is 0 Å². The van der Waals surface area contributed by atoms with Gasteiger partial charge in [0.15, 0.2) is 0 Å². The van der Waals surface area contributed by atoms with Crippen LogP contribution in [0.3, 0.4) is 0 Å². The van der Waals surface area contributed by atoms with Gasteiger partial charge in [-0.1, -0.05) is 31.6 Å². The molecule has 1 saturated heterocycles. The summed E-state index contributed by atoms with van der Waals surface area (Å²) in [6.45, 7) is 5.61. The van der Waals surface area contributed by atoms with Crippen LogP contribution in [-0.2, 0) is 11.3 Å². The molecule has 1 aromatic heterocycles. The van der Waals surface area contributed by atoms with Gasteiger partial charge < -0.3 is 10.6 Å². The Morgan fingerprint density at radius 1 is 1.50 bits per heavy atom. The molecule has 2 rings (SSSR count). The van der Waals surface area contributed by atoms with E-state index in [0.29, 0.717) is 12.5 Å². The number of carbonyl (C=O) groups excluding carboxylic acids is 1. The minimum atomic E-state index is -0.0313. The molecule has 0 aliphatic carbocycles. The summed E-state index contributed by atoms with van der Waals surface area (Å²) in [6.07, 6.45) is 3.22. The molecule has 1 atom stereocenters. The lowest BCUT2D eigenvalue weighted by Gasteiger charge is -2.22. The van der Waals surface area contributed by atoms with Crippen molar-refractivity contribution in [2.75, 3.05) is 6.54 Å². The number of piperidine rings is 1. The molecule has 1 fully saturated rings. The molecule has 1 aliphatic rings. The number of hydrogen-bond donors (Lipinski definition) is 2. The van der Waals surface area contributed by atoms with Crippen LogP contribution in [0, 0.1) is 0 Å². The van der Waals surface area contributed by atoms with Crippen LogP contribution in [0.25, 0.3) is 0 Å². The van der Waals surface area contributed by atoms with Gasteiger partial charge in [0.05, 0.1) is 12.6 Å². The fourth-order valence-electron chi connectivity index (χ4n) is 1.93. The molecule has 18 heavy (non-hydrogen) atoms. The Kier molecular flexibility index (Phi) is 4.66. The van der Waals surface area contributed by atoms with Gasteiger partial charge in [0.2, 0.25) is 5.91 Å². The summed E-state index contributed by atoms with van der Waals surface area (Å²) in [5, 5.41) is 16.3. The first-order chi connectivity index (χ1) is 8.66. The van der Waals surface area contributed by atoms with Crippen molar-refractivity contribution in [2.45, 2.75) is 51.6 Å². The third-order valence-electron chi connectivity index (χ3n) is 3.02. The molecular weight excluding hydrogens is 248 g/mol.